The predicted octanol–water partition coefficient (Wildman–Crippen LogP) is 2.86. The van der Waals surface area contributed by atoms with Crippen LogP contribution in [0.2, 0.25) is 0 Å². The average Bonchev–Trinajstić information content (AvgIpc) is 2.97. The molecular formula is C15H21NO2. The second kappa shape index (κ2) is 4.15. The van der Waals surface area contributed by atoms with E-state index < -0.39 is 0 Å². The summed E-state index contributed by atoms with van der Waals surface area (Å²) in [6.45, 7) is 4.06. The van der Waals surface area contributed by atoms with Gasteiger partial charge in [-0.15, -0.1) is 0 Å². The zero-order chi connectivity index (χ0) is 12.9. The van der Waals surface area contributed by atoms with Gasteiger partial charge in [-0.25, -0.2) is 0 Å². The standard InChI is InChI=1S/C15H21NO2/c1-9(13-8-11-3-4-12(13)7-11)16-6-5-14(17)15(18)10(16)2/h5-6,9,11-13,18H,3-4,7-8H2,1-2H3. The molecule has 0 aromatic carbocycles. The van der Waals surface area contributed by atoms with Crippen LogP contribution in [0.1, 0.15) is 44.3 Å². The zero-order valence-corrected chi connectivity index (χ0v) is 11.1. The Hall–Kier alpha value is -1.25. The van der Waals surface area contributed by atoms with Gasteiger partial charge in [-0.1, -0.05) is 6.42 Å². The van der Waals surface area contributed by atoms with Crippen LogP contribution in [0, 0.1) is 24.7 Å². The molecule has 4 atom stereocenters. The van der Waals surface area contributed by atoms with Gasteiger partial charge in [0.05, 0.1) is 5.69 Å². The van der Waals surface area contributed by atoms with Crippen molar-refractivity contribution in [2.45, 2.75) is 45.6 Å². The van der Waals surface area contributed by atoms with Gasteiger partial charge >= 0.3 is 0 Å². The van der Waals surface area contributed by atoms with Gasteiger partial charge in [0.25, 0.3) is 0 Å². The molecule has 2 bridgehead atoms. The highest BCUT2D eigenvalue weighted by molar-refractivity contribution is 5.25. The molecule has 0 spiro atoms. The first kappa shape index (κ1) is 11.8. The molecule has 3 rings (SSSR count). The maximum absolute atomic E-state index is 11.4. The summed E-state index contributed by atoms with van der Waals surface area (Å²) >= 11 is 0. The number of fused-ring (bicyclic) bond motifs is 2. The summed E-state index contributed by atoms with van der Waals surface area (Å²) in [5.41, 5.74) is 0.432. The van der Waals surface area contributed by atoms with Crippen LogP contribution in [0.5, 0.6) is 5.75 Å². The zero-order valence-electron chi connectivity index (χ0n) is 11.1. The Morgan fingerprint density at radius 3 is 2.78 bits per heavy atom. The number of hydrogen-bond acceptors (Lipinski definition) is 2. The van der Waals surface area contributed by atoms with E-state index in [2.05, 4.69) is 11.5 Å². The molecule has 1 heterocycles. The molecule has 98 valence electrons. The largest absolute Gasteiger partial charge is 0.503 e. The maximum atomic E-state index is 11.4. The van der Waals surface area contributed by atoms with Gasteiger partial charge in [-0.05, 0) is 50.9 Å². The summed E-state index contributed by atoms with van der Waals surface area (Å²) in [4.78, 5) is 11.4. The van der Waals surface area contributed by atoms with E-state index in [9.17, 15) is 9.90 Å². The number of hydrogen-bond donors (Lipinski definition) is 1. The van der Waals surface area contributed by atoms with Crippen LogP contribution >= 0.6 is 0 Å². The number of rotatable bonds is 2. The molecule has 1 N–H and O–H groups in total. The second-order valence-corrected chi connectivity index (χ2v) is 6.10. The average molecular weight is 247 g/mol. The van der Waals surface area contributed by atoms with E-state index in [1.165, 1.54) is 31.7 Å². The van der Waals surface area contributed by atoms with Gasteiger partial charge < -0.3 is 9.67 Å². The molecule has 0 radical (unpaired) electrons. The molecule has 0 aliphatic heterocycles. The quantitative estimate of drug-likeness (QED) is 0.873. The van der Waals surface area contributed by atoms with Gasteiger partial charge in [0, 0.05) is 18.3 Å². The Morgan fingerprint density at radius 2 is 2.17 bits per heavy atom. The van der Waals surface area contributed by atoms with E-state index in [1.807, 2.05) is 13.1 Å². The highest BCUT2D eigenvalue weighted by Crippen LogP contribution is 2.52. The molecule has 1 aromatic rings. The summed E-state index contributed by atoms with van der Waals surface area (Å²) in [5, 5.41) is 9.78. The normalized spacial score (nSPS) is 31.8. The Morgan fingerprint density at radius 1 is 1.39 bits per heavy atom. The fourth-order valence-corrected chi connectivity index (χ4v) is 4.17. The third-order valence-corrected chi connectivity index (χ3v) is 5.20. The minimum absolute atomic E-state index is 0.0903. The van der Waals surface area contributed by atoms with Crippen LogP contribution < -0.4 is 5.43 Å². The highest BCUT2D eigenvalue weighted by Gasteiger charge is 2.42. The van der Waals surface area contributed by atoms with Crippen LogP contribution in [0.15, 0.2) is 17.1 Å². The van der Waals surface area contributed by atoms with Crippen molar-refractivity contribution in [2.75, 3.05) is 0 Å². The Bertz CT molecular complexity index is 520. The molecular weight excluding hydrogens is 226 g/mol. The van der Waals surface area contributed by atoms with Crippen molar-refractivity contribution >= 4 is 0 Å². The van der Waals surface area contributed by atoms with Gasteiger partial charge in [0.15, 0.2) is 5.75 Å². The molecule has 2 aliphatic carbocycles. The van der Waals surface area contributed by atoms with E-state index in [4.69, 9.17) is 0 Å². The lowest BCUT2D eigenvalue weighted by molar-refractivity contribution is 0.238. The smallest absolute Gasteiger partial charge is 0.223 e. The molecule has 3 heteroatoms. The summed E-state index contributed by atoms with van der Waals surface area (Å²) in [5.74, 6) is 2.40. The van der Waals surface area contributed by atoms with Gasteiger partial charge in [0.2, 0.25) is 5.43 Å². The summed E-state index contributed by atoms with van der Waals surface area (Å²) < 4.78 is 2.09. The third-order valence-electron chi connectivity index (χ3n) is 5.20. The molecule has 3 nitrogen and oxygen atoms in total. The lowest BCUT2D eigenvalue weighted by Crippen LogP contribution is -2.24. The molecule has 0 saturated heterocycles. The van der Waals surface area contributed by atoms with E-state index in [0.29, 0.717) is 17.7 Å². The minimum Gasteiger partial charge on any atom is -0.503 e. The van der Waals surface area contributed by atoms with E-state index in [0.717, 1.165) is 11.8 Å². The third kappa shape index (κ3) is 1.68. The van der Waals surface area contributed by atoms with E-state index in [-0.39, 0.29) is 11.2 Å². The topological polar surface area (TPSA) is 42.2 Å². The Balaban J connectivity index is 1.91. The van der Waals surface area contributed by atoms with Crippen LogP contribution in [0.3, 0.4) is 0 Å². The maximum Gasteiger partial charge on any atom is 0.223 e. The fraction of sp³-hybridized carbons (Fsp3) is 0.667. The van der Waals surface area contributed by atoms with Crippen molar-refractivity contribution < 1.29 is 5.11 Å². The predicted molar refractivity (Wildman–Crippen MR) is 70.8 cm³/mol. The minimum atomic E-state index is -0.274. The van der Waals surface area contributed by atoms with Crippen molar-refractivity contribution in [1.82, 2.24) is 4.57 Å². The molecule has 2 saturated carbocycles. The highest BCUT2D eigenvalue weighted by atomic mass is 16.3. The molecule has 0 amide bonds. The molecule has 2 aliphatic rings. The molecule has 18 heavy (non-hydrogen) atoms. The van der Waals surface area contributed by atoms with Gasteiger partial charge in [0.1, 0.15) is 0 Å². The Kier molecular flexibility index (Phi) is 2.72. The lowest BCUT2D eigenvalue weighted by atomic mass is 9.83. The summed E-state index contributed by atoms with van der Waals surface area (Å²) in [6, 6.07) is 1.86. The summed E-state index contributed by atoms with van der Waals surface area (Å²) in [7, 11) is 0. The first-order valence-corrected chi connectivity index (χ1v) is 6.98. The first-order valence-electron chi connectivity index (χ1n) is 6.98. The number of pyridine rings is 1. The van der Waals surface area contributed by atoms with Gasteiger partial charge in [-0.2, -0.15) is 0 Å². The number of aromatic hydroxyl groups is 1. The monoisotopic (exact) mass is 247 g/mol. The van der Waals surface area contributed by atoms with Crippen LogP contribution in [0.25, 0.3) is 0 Å². The van der Waals surface area contributed by atoms with E-state index in [1.54, 1.807) is 0 Å². The second-order valence-electron chi connectivity index (χ2n) is 6.10. The number of nitrogens with zero attached hydrogens (tertiary/aromatic N) is 1. The van der Waals surface area contributed by atoms with Crippen LogP contribution in [0.4, 0.5) is 0 Å². The van der Waals surface area contributed by atoms with Crippen LogP contribution in [-0.2, 0) is 0 Å². The van der Waals surface area contributed by atoms with Crippen molar-refractivity contribution in [3.8, 4) is 5.75 Å². The van der Waals surface area contributed by atoms with Crippen LogP contribution in [-0.4, -0.2) is 9.67 Å². The molecule has 4 unspecified atom stereocenters. The van der Waals surface area contributed by atoms with Crippen molar-refractivity contribution in [3.05, 3.63) is 28.2 Å². The lowest BCUT2D eigenvalue weighted by Gasteiger charge is -2.31. The number of aromatic nitrogens is 1. The SMILES string of the molecule is Cc1c(O)c(=O)ccn1C(C)C1CC2CCC1C2. The first-order chi connectivity index (χ1) is 8.58. The van der Waals surface area contributed by atoms with Gasteiger partial charge in [-0.3, -0.25) is 4.79 Å². The fourth-order valence-electron chi connectivity index (χ4n) is 4.17. The van der Waals surface area contributed by atoms with Crippen molar-refractivity contribution in [1.29, 1.82) is 0 Å². The summed E-state index contributed by atoms with van der Waals surface area (Å²) in [6.07, 6.45) is 7.32. The molecule has 2 fully saturated rings. The Labute approximate surface area is 107 Å². The van der Waals surface area contributed by atoms with Crippen molar-refractivity contribution in [2.24, 2.45) is 17.8 Å². The van der Waals surface area contributed by atoms with E-state index >= 15 is 0 Å². The van der Waals surface area contributed by atoms with Crippen molar-refractivity contribution in [3.63, 3.8) is 0 Å². The molecule has 1 aromatic heterocycles.